The van der Waals surface area contributed by atoms with Gasteiger partial charge in [0.05, 0.1) is 0 Å². The lowest BCUT2D eigenvalue weighted by molar-refractivity contribution is 0.105. The summed E-state index contributed by atoms with van der Waals surface area (Å²) in [6.45, 7) is 12.8. The number of nitriles is 1. The lowest BCUT2D eigenvalue weighted by Gasteiger charge is -2.36. The first kappa shape index (κ1) is 20.1. The number of hydrogen-bond donors (Lipinski definition) is 0. The van der Waals surface area contributed by atoms with Gasteiger partial charge in [-0.15, -0.1) is 0 Å². The van der Waals surface area contributed by atoms with Crippen molar-refractivity contribution in [1.29, 1.82) is 5.26 Å². The van der Waals surface area contributed by atoms with Crippen LogP contribution in [0.2, 0.25) is 0 Å². The first-order valence-corrected chi connectivity index (χ1v) is 10.2. The van der Waals surface area contributed by atoms with Crippen LogP contribution in [0.15, 0.2) is 30.8 Å². The fourth-order valence-electron chi connectivity index (χ4n) is 4.60. The van der Waals surface area contributed by atoms with Gasteiger partial charge in [-0.2, -0.15) is 5.26 Å². The van der Waals surface area contributed by atoms with E-state index >= 15 is 0 Å². The quantitative estimate of drug-likeness (QED) is 0.327. The zero-order valence-electron chi connectivity index (χ0n) is 17.5. The number of ketones is 1. The number of rotatable bonds is 6. The molecular formula is C26H29NO. The van der Waals surface area contributed by atoms with Gasteiger partial charge in [0.2, 0.25) is 0 Å². The van der Waals surface area contributed by atoms with Crippen molar-refractivity contribution < 1.29 is 4.79 Å². The molecule has 0 aliphatic heterocycles. The molecule has 2 aromatic carbocycles. The minimum atomic E-state index is -0.455. The Morgan fingerprint density at radius 1 is 1.29 bits per heavy atom. The smallest absolute Gasteiger partial charge is 0.263 e. The summed E-state index contributed by atoms with van der Waals surface area (Å²) in [5, 5.41) is 9.40. The first-order valence-electron chi connectivity index (χ1n) is 10.2. The molecule has 0 unspecified atom stereocenters. The summed E-state index contributed by atoms with van der Waals surface area (Å²) in [5.41, 5.74) is 8.42. The Kier molecular flexibility index (Phi) is 5.57. The van der Waals surface area contributed by atoms with Gasteiger partial charge in [0, 0.05) is 5.56 Å². The highest BCUT2D eigenvalue weighted by Crippen LogP contribution is 2.46. The van der Waals surface area contributed by atoms with E-state index in [-0.39, 0.29) is 5.41 Å². The Balaban J connectivity index is 2.33. The molecule has 0 N–H and O–H groups in total. The molecule has 0 atom stereocenters. The van der Waals surface area contributed by atoms with Gasteiger partial charge in [-0.05, 0) is 65.0 Å². The van der Waals surface area contributed by atoms with Crippen LogP contribution >= 0.6 is 0 Å². The standard InChI is InChI=1S/C26H29NO/c1-6-8-9-10-18-14-19-15-26(4,5)22-12-11-17(3)13-21(22)24(19)20(7-2)25(18)23(28)16-27/h7,11-14H,2,6,8-10,15H2,1,3-5H3. The van der Waals surface area contributed by atoms with Gasteiger partial charge in [-0.3, -0.25) is 4.79 Å². The van der Waals surface area contributed by atoms with Crippen LogP contribution in [0.5, 0.6) is 0 Å². The Labute approximate surface area is 168 Å². The van der Waals surface area contributed by atoms with Gasteiger partial charge in [0.25, 0.3) is 5.78 Å². The van der Waals surface area contributed by atoms with Crippen molar-refractivity contribution in [3.05, 3.63) is 64.2 Å². The van der Waals surface area contributed by atoms with Crippen LogP contribution in [0, 0.1) is 18.3 Å². The van der Waals surface area contributed by atoms with Crippen LogP contribution < -0.4 is 0 Å². The SMILES string of the molecule is C=Cc1c(C(=O)C#N)c(CCCCC)cc2c1-c1cc(C)ccc1C(C)(C)C2. The Morgan fingerprint density at radius 2 is 2.04 bits per heavy atom. The molecular weight excluding hydrogens is 342 g/mol. The van der Waals surface area contributed by atoms with E-state index in [4.69, 9.17) is 0 Å². The van der Waals surface area contributed by atoms with Crippen LogP contribution in [0.3, 0.4) is 0 Å². The fraction of sp³-hybridized carbons (Fsp3) is 0.385. The maximum Gasteiger partial charge on any atom is 0.263 e. The van der Waals surface area contributed by atoms with Gasteiger partial charge >= 0.3 is 0 Å². The maximum absolute atomic E-state index is 12.6. The highest BCUT2D eigenvalue weighted by atomic mass is 16.1. The van der Waals surface area contributed by atoms with E-state index in [9.17, 15) is 10.1 Å². The van der Waals surface area contributed by atoms with E-state index < -0.39 is 5.78 Å². The third-order valence-electron chi connectivity index (χ3n) is 5.92. The van der Waals surface area contributed by atoms with Crippen LogP contribution in [0.25, 0.3) is 17.2 Å². The number of Topliss-reactive ketones (excluding diaryl/α,β-unsaturated/α-hetero) is 1. The monoisotopic (exact) mass is 371 g/mol. The molecule has 28 heavy (non-hydrogen) atoms. The molecule has 1 aliphatic carbocycles. The molecule has 0 bridgehead atoms. The Morgan fingerprint density at radius 3 is 2.68 bits per heavy atom. The summed E-state index contributed by atoms with van der Waals surface area (Å²) in [6, 6.07) is 10.6. The Hall–Kier alpha value is -2.66. The number of carbonyl (C=O) groups excluding carboxylic acids is 1. The van der Waals surface area contributed by atoms with Gasteiger partial charge in [0.15, 0.2) is 0 Å². The molecule has 2 heteroatoms. The van der Waals surface area contributed by atoms with Crippen molar-refractivity contribution in [2.75, 3.05) is 0 Å². The molecule has 0 heterocycles. The van der Waals surface area contributed by atoms with E-state index in [2.05, 4.69) is 58.5 Å². The minimum absolute atomic E-state index is 0.0237. The van der Waals surface area contributed by atoms with E-state index in [0.717, 1.165) is 48.8 Å². The van der Waals surface area contributed by atoms with Gasteiger partial charge in [0.1, 0.15) is 6.07 Å². The molecule has 0 radical (unpaired) electrons. The number of unbranched alkanes of at least 4 members (excludes halogenated alkanes) is 2. The molecule has 0 fully saturated rings. The van der Waals surface area contributed by atoms with Crippen molar-refractivity contribution in [3.8, 4) is 17.2 Å². The topological polar surface area (TPSA) is 40.9 Å². The number of carbonyl (C=O) groups is 1. The summed E-state index contributed by atoms with van der Waals surface area (Å²) in [4.78, 5) is 12.6. The number of nitrogens with zero attached hydrogens (tertiary/aromatic N) is 1. The minimum Gasteiger partial charge on any atom is -0.277 e. The van der Waals surface area contributed by atoms with Crippen molar-refractivity contribution in [2.45, 2.75) is 65.2 Å². The molecule has 0 amide bonds. The summed E-state index contributed by atoms with van der Waals surface area (Å²) >= 11 is 0. The number of benzene rings is 2. The molecule has 1 aliphatic rings. The predicted molar refractivity (Wildman–Crippen MR) is 117 cm³/mol. The normalized spacial score (nSPS) is 14.0. The molecule has 2 nitrogen and oxygen atoms in total. The van der Waals surface area contributed by atoms with Crippen molar-refractivity contribution >= 4 is 11.9 Å². The summed E-state index contributed by atoms with van der Waals surface area (Å²) in [7, 11) is 0. The highest BCUT2D eigenvalue weighted by Gasteiger charge is 2.34. The highest BCUT2D eigenvalue weighted by molar-refractivity contribution is 6.12. The van der Waals surface area contributed by atoms with Gasteiger partial charge in [-0.1, -0.05) is 76.1 Å². The third-order valence-corrected chi connectivity index (χ3v) is 5.92. The molecule has 0 saturated heterocycles. The van der Waals surface area contributed by atoms with E-state index in [1.54, 1.807) is 6.08 Å². The van der Waals surface area contributed by atoms with Crippen LogP contribution in [0.4, 0.5) is 0 Å². The fourth-order valence-corrected chi connectivity index (χ4v) is 4.60. The average molecular weight is 372 g/mol. The number of hydrogen-bond acceptors (Lipinski definition) is 2. The predicted octanol–water partition coefficient (Wildman–Crippen LogP) is 6.58. The lowest BCUT2D eigenvalue weighted by atomic mass is 9.67. The first-order chi connectivity index (χ1) is 13.3. The third kappa shape index (κ3) is 3.42. The van der Waals surface area contributed by atoms with Crippen LogP contribution in [-0.2, 0) is 18.3 Å². The molecule has 0 saturated carbocycles. The second-order valence-electron chi connectivity index (χ2n) is 8.57. The number of fused-ring (bicyclic) bond motifs is 3. The second-order valence-corrected chi connectivity index (χ2v) is 8.57. The summed E-state index contributed by atoms with van der Waals surface area (Å²) < 4.78 is 0. The zero-order valence-corrected chi connectivity index (χ0v) is 17.5. The number of aryl methyl sites for hydroxylation is 2. The molecule has 144 valence electrons. The lowest BCUT2D eigenvalue weighted by Crippen LogP contribution is -2.27. The van der Waals surface area contributed by atoms with E-state index in [1.165, 1.54) is 22.3 Å². The largest absolute Gasteiger partial charge is 0.277 e. The van der Waals surface area contributed by atoms with Crippen LogP contribution in [-0.4, -0.2) is 5.78 Å². The molecule has 0 spiro atoms. The maximum atomic E-state index is 12.6. The Bertz CT molecular complexity index is 988. The van der Waals surface area contributed by atoms with Crippen molar-refractivity contribution in [1.82, 2.24) is 0 Å². The van der Waals surface area contributed by atoms with Crippen LogP contribution in [0.1, 0.15) is 78.2 Å². The van der Waals surface area contributed by atoms with Crippen molar-refractivity contribution in [3.63, 3.8) is 0 Å². The summed E-state index contributed by atoms with van der Waals surface area (Å²) in [6.07, 6.45) is 6.79. The average Bonchev–Trinajstić information content (AvgIpc) is 2.65. The zero-order chi connectivity index (χ0) is 20.5. The van der Waals surface area contributed by atoms with Gasteiger partial charge in [-0.25, -0.2) is 0 Å². The second kappa shape index (κ2) is 7.76. The van der Waals surface area contributed by atoms with Crippen molar-refractivity contribution in [2.24, 2.45) is 0 Å². The summed E-state index contributed by atoms with van der Waals surface area (Å²) in [5.74, 6) is -0.455. The molecule has 2 aromatic rings. The van der Waals surface area contributed by atoms with E-state index in [0.29, 0.717) is 5.56 Å². The molecule has 3 rings (SSSR count). The molecule has 0 aromatic heterocycles. The van der Waals surface area contributed by atoms with Gasteiger partial charge < -0.3 is 0 Å². The van der Waals surface area contributed by atoms with E-state index in [1.807, 2.05) is 6.07 Å².